The first-order valence-electron chi connectivity index (χ1n) is 7.72. The molecule has 2 aromatic carbocycles. The Morgan fingerprint density at radius 3 is 1.80 bits per heavy atom. The van der Waals surface area contributed by atoms with E-state index in [0.29, 0.717) is 22.2 Å². The Labute approximate surface area is 155 Å². The van der Waals surface area contributed by atoms with Crippen molar-refractivity contribution in [3.8, 4) is 0 Å². The highest BCUT2D eigenvalue weighted by molar-refractivity contribution is 6.30. The van der Waals surface area contributed by atoms with Crippen LogP contribution < -0.4 is 0 Å². The van der Waals surface area contributed by atoms with E-state index in [0.717, 1.165) is 22.4 Å². The molecule has 4 nitrogen and oxygen atoms in total. The minimum Gasteiger partial charge on any atom is -0.361 e. The van der Waals surface area contributed by atoms with Crippen molar-refractivity contribution in [1.82, 2.24) is 5.16 Å². The predicted octanol–water partition coefficient (Wildman–Crippen LogP) is 5.57. The van der Waals surface area contributed by atoms with E-state index in [4.69, 9.17) is 32.6 Å². The zero-order chi connectivity index (χ0) is 18.0. The number of benzene rings is 2. The fraction of sp³-hybridized carbons (Fsp3) is 0.211. The number of aromatic nitrogens is 1. The number of aryl methyl sites for hydroxylation is 2. The molecule has 1 N–H and O–H groups in total. The summed E-state index contributed by atoms with van der Waals surface area (Å²) in [6.45, 7) is 3.69. The third-order valence-corrected chi connectivity index (χ3v) is 4.89. The van der Waals surface area contributed by atoms with Gasteiger partial charge < -0.3 is 4.52 Å². The first-order chi connectivity index (χ1) is 12.0. The van der Waals surface area contributed by atoms with Crippen LogP contribution in [-0.2, 0) is 16.9 Å². The van der Waals surface area contributed by atoms with Gasteiger partial charge in [0, 0.05) is 22.0 Å². The maximum absolute atomic E-state index is 9.99. The van der Waals surface area contributed by atoms with E-state index < -0.39 is 5.60 Å². The molecule has 0 saturated carbocycles. The second kappa shape index (κ2) is 7.18. The molecule has 25 heavy (non-hydrogen) atoms. The number of nitrogens with zero attached hydrogens (tertiary/aromatic N) is 1. The van der Waals surface area contributed by atoms with Crippen molar-refractivity contribution >= 4 is 23.2 Å². The van der Waals surface area contributed by atoms with Crippen molar-refractivity contribution in [3.05, 3.63) is 86.7 Å². The summed E-state index contributed by atoms with van der Waals surface area (Å²) in [4.78, 5) is 5.12. The van der Waals surface area contributed by atoms with Crippen LogP contribution in [0.1, 0.15) is 28.1 Å². The second-order valence-electron chi connectivity index (χ2n) is 5.91. The molecule has 3 aromatic rings. The predicted molar refractivity (Wildman–Crippen MR) is 97.1 cm³/mol. The summed E-state index contributed by atoms with van der Waals surface area (Å²) in [7, 11) is 0. The zero-order valence-electron chi connectivity index (χ0n) is 13.8. The number of rotatable bonds is 5. The first-order valence-corrected chi connectivity index (χ1v) is 8.48. The Morgan fingerprint density at radius 1 is 0.960 bits per heavy atom. The molecule has 0 unspecified atom stereocenters. The molecule has 0 radical (unpaired) electrons. The summed E-state index contributed by atoms with van der Waals surface area (Å²) < 4.78 is 5.27. The lowest BCUT2D eigenvalue weighted by molar-refractivity contribution is -0.315. The van der Waals surface area contributed by atoms with E-state index in [1.54, 1.807) is 24.3 Å². The monoisotopic (exact) mass is 377 g/mol. The number of halogens is 2. The van der Waals surface area contributed by atoms with E-state index in [9.17, 15) is 5.26 Å². The Morgan fingerprint density at radius 2 is 1.44 bits per heavy atom. The molecule has 0 aliphatic carbocycles. The molecule has 0 aliphatic rings. The molecular weight excluding hydrogens is 361 g/mol. The lowest BCUT2D eigenvalue weighted by Crippen LogP contribution is -2.33. The van der Waals surface area contributed by atoms with Crippen LogP contribution in [-0.4, -0.2) is 10.4 Å². The van der Waals surface area contributed by atoms with E-state index in [1.165, 1.54) is 0 Å². The summed E-state index contributed by atoms with van der Waals surface area (Å²) in [5, 5.41) is 15.2. The fourth-order valence-corrected chi connectivity index (χ4v) is 3.20. The van der Waals surface area contributed by atoms with E-state index >= 15 is 0 Å². The van der Waals surface area contributed by atoms with Gasteiger partial charge in [0.2, 0.25) is 0 Å². The Bertz CT molecular complexity index is 792. The molecule has 1 heterocycles. The molecule has 0 aliphatic heterocycles. The van der Waals surface area contributed by atoms with Crippen LogP contribution in [0.2, 0.25) is 10.0 Å². The van der Waals surface area contributed by atoms with Crippen LogP contribution in [0.3, 0.4) is 0 Å². The Hall–Kier alpha value is -1.85. The van der Waals surface area contributed by atoms with Gasteiger partial charge >= 0.3 is 0 Å². The summed E-state index contributed by atoms with van der Waals surface area (Å²) in [6.07, 6.45) is 0.341. The highest BCUT2D eigenvalue weighted by atomic mass is 35.5. The minimum absolute atomic E-state index is 0.341. The SMILES string of the molecule is Cc1noc(C)c1CC(OO)(c1ccc(Cl)cc1)c1ccc(Cl)cc1. The number of hydrogen-bond acceptors (Lipinski definition) is 4. The normalized spacial score (nSPS) is 11.7. The zero-order valence-corrected chi connectivity index (χ0v) is 15.3. The van der Waals surface area contributed by atoms with Gasteiger partial charge in [-0.05, 0) is 49.2 Å². The van der Waals surface area contributed by atoms with Crippen LogP contribution in [0.4, 0.5) is 0 Å². The highest BCUT2D eigenvalue weighted by Gasteiger charge is 2.38. The van der Waals surface area contributed by atoms with Crippen molar-refractivity contribution in [2.45, 2.75) is 25.9 Å². The van der Waals surface area contributed by atoms with Crippen LogP contribution in [0.5, 0.6) is 0 Å². The quantitative estimate of drug-likeness (QED) is 0.466. The average molecular weight is 378 g/mol. The van der Waals surface area contributed by atoms with Crippen LogP contribution in [0, 0.1) is 13.8 Å². The lowest BCUT2D eigenvalue weighted by atomic mass is 9.81. The third kappa shape index (κ3) is 3.44. The third-order valence-electron chi connectivity index (χ3n) is 4.38. The summed E-state index contributed by atoms with van der Waals surface area (Å²) in [5.74, 6) is 0.682. The minimum atomic E-state index is -1.14. The van der Waals surface area contributed by atoms with Gasteiger partial charge in [-0.25, -0.2) is 4.89 Å². The molecule has 0 atom stereocenters. The summed E-state index contributed by atoms with van der Waals surface area (Å²) in [5.41, 5.74) is 1.99. The van der Waals surface area contributed by atoms with Crippen molar-refractivity contribution in [2.24, 2.45) is 0 Å². The molecule has 6 heteroatoms. The van der Waals surface area contributed by atoms with Crippen molar-refractivity contribution in [2.75, 3.05) is 0 Å². The van der Waals surface area contributed by atoms with Crippen molar-refractivity contribution < 1.29 is 14.7 Å². The Kier molecular flexibility index (Phi) is 5.16. The Balaban J connectivity index is 2.18. The summed E-state index contributed by atoms with van der Waals surface area (Å²) >= 11 is 12.0. The van der Waals surface area contributed by atoms with Gasteiger partial charge in [-0.15, -0.1) is 0 Å². The maximum Gasteiger partial charge on any atom is 0.157 e. The van der Waals surface area contributed by atoms with Crippen molar-refractivity contribution in [3.63, 3.8) is 0 Å². The molecule has 0 bridgehead atoms. The molecular formula is C19H17Cl2NO3. The van der Waals surface area contributed by atoms with Gasteiger partial charge in [0.25, 0.3) is 0 Å². The van der Waals surface area contributed by atoms with Gasteiger partial charge in [-0.1, -0.05) is 52.6 Å². The molecule has 3 rings (SSSR count). The fourth-order valence-electron chi connectivity index (χ4n) is 2.95. The molecule has 0 saturated heterocycles. The smallest absolute Gasteiger partial charge is 0.157 e. The van der Waals surface area contributed by atoms with Gasteiger partial charge in [0.15, 0.2) is 5.60 Å². The second-order valence-corrected chi connectivity index (χ2v) is 6.78. The van der Waals surface area contributed by atoms with E-state index in [2.05, 4.69) is 5.16 Å². The molecule has 1 aromatic heterocycles. The van der Waals surface area contributed by atoms with E-state index in [1.807, 2.05) is 38.1 Å². The largest absolute Gasteiger partial charge is 0.361 e. The van der Waals surface area contributed by atoms with Crippen LogP contribution in [0.15, 0.2) is 53.1 Å². The standard InChI is InChI=1S/C19H17Cl2NO3/c1-12-18(13(2)24-22-12)11-19(25-23,14-3-7-16(20)8-4-14)15-5-9-17(21)10-6-15/h3-10,23H,11H2,1-2H3. The highest BCUT2D eigenvalue weighted by Crippen LogP contribution is 2.38. The first kappa shape index (κ1) is 18.0. The maximum atomic E-state index is 9.99. The molecule has 0 fully saturated rings. The van der Waals surface area contributed by atoms with Crippen LogP contribution >= 0.6 is 23.2 Å². The van der Waals surface area contributed by atoms with Gasteiger partial charge in [0.05, 0.1) is 5.69 Å². The van der Waals surface area contributed by atoms with E-state index in [-0.39, 0.29) is 0 Å². The molecule has 0 amide bonds. The van der Waals surface area contributed by atoms with Gasteiger partial charge in [-0.3, -0.25) is 5.26 Å². The number of hydrogen-bond donors (Lipinski definition) is 1. The van der Waals surface area contributed by atoms with Gasteiger partial charge in [-0.2, -0.15) is 0 Å². The van der Waals surface area contributed by atoms with Crippen molar-refractivity contribution in [1.29, 1.82) is 0 Å². The lowest BCUT2D eigenvalue weighted by Gasteiger charge is -2.31. The van der Waals surface area contributed by atoms with Crippen LogP contribution in [0.25, 0.3) is 0 Å². The average Bonchev–Trinajstić information content (AvgIpc) is 2.93. The molecule has 130 valence electrons. The summed E-state index contributed by atoms with van der Waals surface area (Å²) in [6, 6.07) is 14.3. The van der Waals surface area contributed by atoms with Gasteiger partial charge in [0.1, 0.15) is 5.76 Å². The molecule has 0 spiro atoms. The topological polar surface area (TPSA) is 55.5 Å².